The SMILES string of the molecule is C[C@@H]1CCCC[C@H]1NC(=S)N/N=C\c1ccc(C(=O)O)cc1. The molecular formula is C16H21N3O2S. The van der Waals surface area contributed by atoms with E-state index in [0.29, 0.717) is 17.1 Å². The van der Waals surface area contributed by atoms with Crippen molar-refractivity contribution >= 4 is 29.5 Å². The normalized spacial score (nSPS) is 21.5. The van der Waals surface area contributed by atoms with Crippen LogP contribution in [-0.4, -0.2) is 28.4 Å². The quantitative estimate of drug-likeness (QED) is 0.452. The maximum Gasteiger partial charge on any atom is 0.335 e. The number of thiocarbonyl (C=S) groups is 1. The van der Waals surface area contributed by atoms with Crippen molar-refractivity contribution in [2.45, 2.75) is 38.6 Å². The van der Waals surface area contributed by atoms with Crippen LogP contribution < -0.4 is 10.7 Å². The van der Waals surface area contributed by atoms with Crippen LogP contribution in [0.1, 0.15) is 48.5 Å². The predicted octanol–water partition coefficient (Wildman–Crippen LogP) is 2.76. The molecule has 0 unspecified atom stereocenters. The highest BCUT2D eigenvalue weighted by Crippen LogP contribution is 2.23. The van der Waals surface area contributed by atoms with Gasteiger partial charge in [0.05, 0.1) is 11.8 Å². The summed E-state index contributed by atoms with van der Waals surface area (Å²) in [6.45, 7) is 2.24. The molecule has 6 heteroatoms. The van der Waals surface area contributed by atoms with Crippen LogP contribution in [0.15, 0.2) is 29.4 Å². The van der Waals surface area contributed by atoms with Crippen LogP contribution in [0.3, 0.4) is 0 Å². The van der Waals surface area contributed by atoms with Gasteiger partial charge in [-0.3, -0.25) is 5.43 Å². The number of nitrogens with zero attached hydrogens (tertiary/aromatic N) is 1. The Kier molecular flexibility index (Phi) is 5.89. The van der Waals surface area contributed by atoms with E-state index in [1.54, 1.807) is 30.5 Å². The summed E-state index contributed by atoms with van der Waals surface area (Å²) in [6.07, 6.45) is 6.53. The standard InChI is InChI=1S/C16H21N3O2S/c1-11-4-2-3-5-14(11)18-16(22)19-17-10-12-6-8-13(9-7-12)15(20)21/h6-11,14H,2-5H2,1H3,(H,20,21)(H2,18,19,22)/b17-10-/t11-,14-/m1/s1. The number of rotatable bonds is 4. The number of carboxylic acids is 1. The van der Waals surface area contributed by atoms with Crippen LogP contribution in [0.4, 0.5) is 0 Å². The molecule has 1 saturated carbocycles. The Balaban J connectivity index is 1.81. The number of benzene rings is 1. The lowest BCUT2D eigenvalue weighted by molar-refractivity contribution is 0.0697. The molecule has 1 aromatic rings. The van der Waals surface area contributed by atoms with Gasteiger partial charge in [-0.2, -0.15) is 5.10 Å². The van der Waals surface area contributed by atoms with Gasteiger partial charge in [-0.25, -0.2) is 4.79 Å². The Morgan fingerprint density at radius 1 is 1.32 bits per heavy atom. The van der Waals surface area contributed by atoms with Gasteiger partial charge in [0.15, 0.2) is 5.11 Å². The Bertz CT molecular complexity index is 557. The number of carboxylic acid groups (broad SMARTS) is 1. The Labute approximate surface area is 135 Å². The Hall–Kier alpha value is -1.95. The summed E-state index contributed by atoms with van der Waals surface area (Å²) in [6, 6.07) is 6.91. The molecule has 1 aliphatic carbocycles. The number of nitrogens with one attached hydrogen (secondary N) is 2. The third-order valence-corrected chi connectivity index (χ3v) is 4.17. The zero-order valence-electron chi connectivity index (χ0n) is 12.6. The maximum absolute atomic E-state index is 10.8. The molecule has 118 valence electrons. The maximum atomic E-state index is 10.8. The van der Waals surface area contributed by atoms with Crippen molar-refractivity contribution in [3.05, 3.63) is 35.4 Å². The fraction of sp³-hybridized carbons (Fsp3) is 0.438. The number of hydrogen-bond donors (Lipinski definition) is 3. The van der Waals surface area contributed by atoms with Gasteiger partial charge in [-0.05, 0) is 48.7 Å². The van der Waals surface area contributed by atoms with Gasteiger partial charge in [0.1, 0.15) is 0 Å². The van der Waals surface area contributed by atoms with E-state index in [4.69, 9.17) is 17.3 Å². The van der Waals surface area contributed by atoms with E-state index in [0.717, 1.165) is 12.0 Å². The van der Waals surface area contributed by atoms with Crippen molar-refractivity contribution in [3.8, 4) is 0 Å². The lowest BCUT2D eigenvalue weighted by atomic mass is 9.86. The van der Waals surface area contributed by atoms with E-state index in [9.17, 15) is 4.79 Å². The van der Waals surface area contributed by atoms with E-state index in [1.165, 1.54) is 19.3 Å². The molecule has 2 rings (SSSR count). The molecule has 0 amide bonds. The Morgan fingerprint density at radius 2 is 2.00 bits per heavy atom. The minimum Gasteiger partial charge on any atom is -0.478 e. The van der Waals surface area contributed by atoms with Gasteiger partial charge in [-0.15, -0.1) is 0 Å². The van der Waals surface area contributed by atoms with Gasteiger partial charge in [0, 0.05) is 6.04 Å². The van der Waals surface area contributed by atoms with Crippen LogP contribution in [-0.2, 0) is 0 Å². The van der Waals surface area contributed by atoms with Gasteiger partial charge >= 0.3 is 5.97 Å². The number of hydrazone groups is 1. The second-order valence-electron chi connectivity index (χ2n) is 5.64. The topological polar surface area (TPSA) is 73.7 Å². The van der Waals surface area contributed by atoms with Crippen LogP contribution in [0.25, 0.3) is 0 Å². The van der Waals surface area contributed by atoms with E-state index in [1.807, 2.05) is 0 Å². The lowest BCUT2D eigenvalue weighted by Gasteiger charge is -2.30. The minimum absolute atomic E-state index is 0.258. The molecule has 0 radical (unpaired) electrons. The fourth-order valence-electron chi connectivity index (χ4n) is 2.61. The average molecular weight is 319 g/mol. The van der Waals surface area contributed by atoms with Crippen molar-refractivity contribution in [2.24, 2.45) is 11.0 Å². The van der Waals surface area contributed by atoms with Crippen LogP contribution in [0, 0.1) is 5.92 Å². The first kappa shape index (κ1) is 16.4. The number of carbonyl (C=O) groups is 1. The van der Waals surface area contributed by atoms with Crippen LogP contribution >= 0.6 is 12.2 Å². The van der Waals surface area contributed by atoms with Crippen molar-refractivity contribution < 1.29 is 9.90 Å². The van der Waals surface area contributed by atoms with Gasteiger partial charge in [0.25, 0.3) is 0 Å². The van der Waals surface area contributed by atoms with Crippen molar-refractivity contribution in [1.82, 2.24) is 10.7 Å². The Morgan fingerprint density at radius 3 is 2.64 bits per heavy atom. The predicted molar refractivity (Wildman–Crippen MR) is 91.3 cm³/mol. The summed E-state index contributed by atoms with van der Waals surface area (Å²) in [5.41, 5.74) is 3.88. The molecule has 5 nitrogen and oxygen atoms in total. The summed E-state index contributed by atoms with van der Waals surface area (Å²) in [5, 5.41) is 16.7. The largest absolute Gasteiger partial charge is 0.478 e. The molecule has 0 heterocycles. The average Bonchev–Trinajstić information content (AvgIpc) is 2.50. The monoisotopic (exact) mass is 319 g/mol. The first-order valence-electron chi connectivity index (χ1n) is 7.49. The van der Waals surface area contributed by atoms with E-state index >= 15 is 0 Å². The molecule has 0 aromatic heterocycles. The molecule has 1 aromatic carbocycles. The summed E-state index contributed by atoms with van der Waals surface area (Å²) >= 11 is 5.24. The molecular weight excluding hydrogens is 298 g/mol. The molecule has 2 atom stereocenters. The zero-order chi connectivity index (χ0) is 15.9. The second kappa shape index (κ2) is 7.89. The van der Waals surface area contributed by atoms with E-state index in [-0.39, 0.29) is 5.56 Å². The van der Waals surface area contributed by atoms with Crippen molar-refractivity contribution in [3.63, 3.8) is 0 Å². The molecule has 0 spiro atoms. The molecule has 3 N–H and O–H groups in total. The highest BCUT2D eigenvalue weighted by molar-refractivity contribution is 7.80. The third kappa shape index (κ3) is 4.80. The second-order valence-corrected chi connectivity index (χ2v) is 6.05. The number of hydrogen-bond acceptors (Lipinski definition) is 3. The number of aromatic carboxylic acids is 1. The molecule has 22 heavy (non-hydrogen) atoms. The molecule has 1 fully saturated rings. The summed E-state index contributed by atoms with van der Waals surface area (Å²) in [4.78, 5) is 10.8. The fourth-order valence-corrected chi connectivity index (χ4v) is 2.81. The molecule has 1 aliphatic rings. The third-order valence-electron chi connectivity index (χ3n) is 3.97. The van der Waals surface area contributed by atoms with E-state index < -0.39 is 5.97 Å². The summed E-state index contributed by atoms with van der Waals surface area (Å²) in [5.74, 6) is -0.311. The summed E-state index contributed by atoms with van der Waals surface area (Å²) in [7, 11) is 0. The first-order chi connectivity index (χ1) is 10.6. The van der Waals surface area contributed by atoms with Gasteiger partial charge in [-0.1, -0.05) is 31.9 Å². The highest BCUT2D eigenvalue weighted by Gasteiger charge is 2.21. The van der Waals surface area contributed by atoms with Crippen molar-refractivity contribution in [2.75, 3.05) is 0 Å². The first-order valence-corrected chi connectivity index (χ1v) is 7.90. The smallest absolute Gasteiger partial charge is 0.335 e. The summed E-state index contributed by atoms with van der Waals surface area (Å²) < 4.78 is 0. The molecule has 0 saturated heterocycles. The van der Waals surface area contributed by atoms with E-state index in [2.05, 4.69) is 22.8 Å². The van der Waals surface area contributed by atoms with Gasteiger partial charge < -0.3 is 10.4 Å². The van der Waals surface area contributed by atoms with Crippen LogP contribution in [0.2, 0.25) is 0 Å². The van der Waals surface area contributed by atoms with Crippen molar-refractivity contribution in [1.29, 1.82) is 0 Å². The highest BCUT2D eigenvalue weighted by atomic mass is 32.1. The minimum atomic E-state index is -0.936. The van der Waals surface area contributed by atoms with Gasteiger partial charge in [0.2, 0.25) is 0 Å². The molecule has 0 aliphatic heterocycles. The lowest BCUT2D eigenvalue weighted by Crippen LogP contribution is -2.44. The van der Waals surface area contributed by atoms with Crippen LogP contribution in [0.5, 0.6) is 0 Å². The molecule has 0 bridgehead atoms. The zero-order valence-corrected chi connectivity index (χ0v) is 13.4.